The molecule has 7 nitrogen and oxygen atoms in total. The molecule has 1 heterocycles. The minimum atomic E-state index is -4.45. The Labute approximate surface area is 206 Å². The molecule has 0 aliphatic carbocycles. The number of rotatable bonds is 9. The minimum absolute atomic E-state index is 0.0196. The van der Waals surface area contributed by atoms with Gasteiger partial charge in [-0.1, -0.05) is 24.8 Å². The molecule has 1 atom stereocenters. The van der Waals surface area contributed by atoms with Crippen molar-refractivity contribution in [3.63, 3.8) is 0 Å². The van der Waals surface area contributed by atoms with Crippen LogP contribution in [0.5, 0.6) is 0 Å². The van der Waals surface area contributed by atoms with Crippen molar-refractivity contribution in [1.82, 2.24) is 14.9 Å². The summed E-state index contributed by atoms with van der Waals surface area (Å²) >= 11 is 0. The van der Waals surface area contributed by atoms with Gasteiger partial charge in [-0.15, -0.1) is 0 Å². The van der Waals surface area contributed by atoms with E-state index >= 15 is 0 Å². The number of sulfonamides is 1. The lowest BCUT2D eigenvalue weighted by Gasteiger charge is -2.17. The third-order valence-corrected chi connectivity index (χ3v) is 6.80. The number of carbonyl (C=O) groups excluding carboxylic acids is 2. The normalized spacial score (nSPS) is 16.1. The van der Waals surface area contributed by atoms with Crippen LogP contribution in [0.2, 0.25) is 0 Å². The molecule has 3 rings (SSSR count). The number of hydrogen-bond acceptors (Lipinski definition) is 4. The van der Waals surface area contributed by atoms with Crippen molar-refractivity contribution in [3.8, 4) is 0 Å². The molecule has 2 N–H and O–H groups in total. The molecule has 12 heteroatoms. The number of nitrogens with zero attached hydrogens (tertiary/aromatic N) is 1. The largest absolute Gasteiger partial charge is 0.416 e. The van der Waals surface area contributed by atoms with Gasteiger partial charge in [0.25, 0.3) is 5.91 Å². The monoisotopic (exact) mass is 527 g/mol. The van der Waals surface area contributed by atoms with Gasteiger partial charge < -0.3 is 10.2 Å². The molecule has 1 saturated heterocycles. The summed E-state index contributed by atoms with van der Waals surface area (Å²) in [6, 6.07) is 8.14. The number of alkyl halides is 3. The molecular formula is C24H25F4N3O4S. The highest BCUT2D eigenvalue weighted by Gasteiger charge is 2.30. The van der Waals surface area contributed by atoms with E-state index in [2.05, 4.69) is 16.6 Å². The summed E-state index contributed by atoms with van der Waals surface area (Å²) in [5.74, 6) is -1.75. The Kier molecular flexibility index (Phi) is 8.51. The Hall–Kier alpha value is -3.25. The Morgan fingerprint density at radius 1 is 1.14 bits per heavy atom. The molecule has 2 aromatic rings. The fraction of sp³-hybridized carbons (Fsp3) is 0.333. The Morgan fingerprint density at radius 2 is 1.83 bits per heavy atom. The van der Waals surface area contributed by atoms with E-state index in [4.69, 9.17) is 0 Å². The standard InChI is InChI=1S/C24H25F4N3O4S/c1-2-36(34,35)30-14-17-9-10-31(15-17)23(33)19-6-5-18(21(25)11-19)12-22(32)29-13-16-3-7-20(8-4-16)24(26,27)28/h2-8,11,17,30H,1,9-10,12-15H2,(H,29,32). The van der Waals surface area contributed by atoms with Gasteiger partial charge in [0.15, 0.2) is 0 Å². The summed E-state index contributed by atoms with van der Waals surface area (Å²) in [5.41, 5.74) is -0.168. The van der Waals surface area contributed by atoms with Gasteiger partial charge in [-0.25, -0.2) is 17.5 Å². The van der Waals surface area contributed by atoms with Gasteiger partial charge in [0.1, 0.15) is 5.82 Å². The van der Waals surface area contributed by atoms with Crippen LogP contribution >= 0.6 is 0 Å². The maximum atomic E-state index is 14.6. The van der Waals surface area contributed by atoms with E-state index < -0.39 is 39.4 Å². The number of benzene rings is 2. The Morgan fingerprint density at radius 3 is 2.44 bits per heavy atom. The summed E-state index contributed by atoms with van der Waals surface area (Å²) in [6.45, 7) is 4.07. The summed E-state index contributed by atoms with van der Waals surface area (Å²) in [6.07, 6.45) is -4.17. The number of halogens is 4. The van der Waals surface area contributed by atoms with E-state index in [1.165, 1.54) is 29.2 Å². The molecule has 194 valence electrons. The van der Waals surface area contributed by atoms with E-state index in [9.17, 15) is 35.6 Å². The summed E-state index contributed by atoms with van der Waals surface area (Å²) in [7, 11) is -3.56. The third-order valence-electron chi connectivity index (χ3n) is 5.79. The Bertz CT molecular complexity index is 1230. The van der Waals surface area contributed by atoms with Crippen molar-refractivity contribution in [3.05, 3.63) is 82.5 Å². The Balaban J connectivity index is 1.52. The molecule has 2 aromatic carbocycles. The number of hydrogen-bond donors (Lipinski definition) is 2. The van der Waals surface area contributed by atoms with Crippen LogP contribution in [0.1, 0.15) is 33.5 Å². The highest BCUT2D eigenvalue weighted by atomic mass is 32.2. The fourth-order valence-electron chi connectivity index (χ4n) is 3.73. The zero-order valence-electron chi connectivity index (χ0n) is 19.1. The number of likely N-dealkylation sites (tertiary alicyclic amines) is 1. The second kappa shape index (κ2) is 11.2. The van der Waals surface area contributed by atoms with Crippen LogP contribution in [0.15, 0.2) is 54.5 Å². The summed E-state index contributed by atoms with van der Waals surface area (Å²) in [4.78, 5) is 26.4. The maximum absolute atomic E-state index is 14.6. The molecule has 0 spiro atoms. The molecular weight excluding hydrogens is 502 g/mol. The smallest absolute Gasteiger partial charge is 0.352 e. The molecule has 0 bridgehead atoms. The molecule has 1 aliphatic heterocycles. The van der Waals surface area contributed by atoms with Gasteiger partial charge in [0, 0.05) is 37.2 Å². The van der Waals surface area contributed by atoms with Crippen LogP contribution in [-0.2, 0) is 34.0 Å². The van der Waals surface area contributed by atoms with E-state index in [0.717, 1.165) is 23.6 Å². The molecule has 2 amide bonds. The average Bonchev–Trinajstić information content (AvgIpc) is 3.31. The van der Waals surface area contributed by atoms with Crippen LogP contribution < -0.4 is 10.0 Å². The SMILES string of the molecule is C=CS(=O)(=O)NCC1CCN(C(=O)c2ccc(CC(=O)NCc3ccc(C(F)(F)F)cc3)c(F)c2)C1. The zero-order chi connectivity index (χ0) is 26.5. The van der Waals surface area contributed by atoms with Gasteiger partial charge in [-0.05, 0) is 47.7 Å². The first-order valence-corrected chi connectivity index (χ1v) is 12.5. The van der Waals surface area contributed by atoms with Crippen molar-refractivity contribution in [2.75, 3.05) is 19.6 Å². The topological polar surface area (TPSA) is 95.6 Å². The highest BCUT2D eigenvalue weighted by molar-refractivity contribution is 7.92. The van der Waals surface area contributed by atoms with Crippen molar-refractivity contribution in [2.24, 2.45) is 5.92 Å². The van der Waals surface area contributed by atoms with E-state index in [0.29, 0.717) is 25.1 Å². The van der Waals surface area contributed by atoms with Gasteiger partial charge in [0.05, 0.1) is 12.0 Å². The van der Waals surface area contributed by atoms with Gasteiger partial charge >= 0.3 is 6.18 Å². The molecule has 0 saturated carbocycles. The molecule has 1 unspecified atom stereocenters. The van der Waals surface area contributed by atoms with Crippen molar-refractivity contribution >= 4 is 21.8 Å². The second-order valence-corrected chi connectivity index (χ2v) is 10.1. The quantitative estimate of drug-likeness (QED) is 0.490. The maximum Gasteiger partial charge on any atom is 0.416 e. The fourth-order valence-corrected chi connectivity index (χ4v) is 4.32. The first-order chi connectivity index (χ1) is 16.9. The second-order valence-electron chi connectivity index (χ2n) is 8.42. The molecule has 0 aromatic heterocycles. The lowest BCUT2D eigenvalue weighted by molar-refractivity contribution is -0.137. The zero-order valence-corrected chi connectivity index (χ0v) is 20.0. The first kappa shape index (κ1) is 27.3. The molecule has 1 aliphatic rings. The van der Waals surface area contributed by atoms with E-state index in [-0.39, 0.29) is 36.6 Å². The summed E-state index contributed by atoms with van der Waals surface area (Å²) < 4.78 is 77.8. The van der Waals surface area contributed by atoms with Crippen molar-refractivity contribution in [1.29, 1.82) is 0 Å². The van der Waals surface area contributed by atoms with Crippen LogP contribution in [0.3, 0.4) is 0 Å². The van der Waals surface area contributed by atoms with Crippen LogP contribution in [0, 0.1) is 11.7 Å². The predicted molar refractivity (Wildman–Crippen MR) is 125 cm³/mol. The number of nitrogens with one attached hydrogen (secondary N) is 2. The number of carbonyl (C=O) groups is 2. The first-order valence-electron chi connectivity index (χ1n) is 11.0. The van der Waals surface area contributed by atoms with Crippen molar-refractivity contribution in [2.45, 2.75) is 25.6 Å². The van der Waals surface area contributed by atoms with Gasteiger partial charge in [-0.2, -0.15) is 13.2 Å². The average molecular weight is 528 g/mol. The van der Waals surface area contributed by atoms with Crippen LogP contribution in [-0.4, -0.2) is 44.8 Å². The van der Waals surface area contributed by atoms with Gasteiger partial charge in [0.2, 0.25) is 15.9 Å². The third kappa shape index (κ3) is 7.37. The van der Waals surface area contributed by atoms with Crippen LogP contribution in [0.25, 0.3) is 0 Å². The lowest BCUT2D eigenvalue weighted by Crippen LogP contribution is -2.32. The predicted octanol–water partition coefficient (Wildman–Crippen LogP) is 3.23. The summed E-state index contributed by atoms with van der Waals surface area (Å²) in [5, 5.41) is 3.34. The van der Waals surface area contributed by atoms with Gasteiger partial charge in [-0.3, -0.25) is 9.59 Å². The molecule has 0 radical (unpaired) electrons. The lowest BCUT2D eigenvalue weighted by atomic mass is 10.1. The van der Waals surface area contributed by atoms with Crippen LogP contribution in [0.4, 0.5) is 17.6 Å². The van der Waals surface area contributed by atoms with E-state index in [1.807, 2.05) is 0 Å². The number of amides is 2. The highest BCUT2D eigenvalue weighted by Crippen LogP contribution is 2.29. The van der Waals surface area contributed by atoms with E-state index in [1.54, 1.807) is 0 Å². The molecule has 1 fully saturated rings. The van der Waals surface area contributed by atoms with Crippen molar-refractivity contribution < 1.29 is 35.6 Å². The molecule has 36 heavy (non-hydrogen) atoms. The minimum Gasteiger partial charge on any atom is -0.352 e.